The minimum absolute atomic E-state index is 0.369. The lowest BCUT2D eigenvalue weighted by molar-refractivity contribution is 0.0694. The van der Waals surface area contributed by atoms with Crippen molar-refractivity contribution >= 4 is 35.2 Å². The highest BCUT2D eigenvalue weighted by Gasteiger charge is 2.26. The lowest BCUT2D eigenvalue weighted by Gasteiger charge is -2.32. The SMILES string of the molecule is CCSc1cccc(NC2CCCCC2SC)c1C(=O)O. The van der Waals surface area contributed by atoms with Crippen LogP contribution in [0.2, 0.25) is 0 Å². The van der Waals surface area contributed by atoms with E-state index in [2.05, 4.69) is 11.6 Å². The average molecular weight is 325 g/mol. The van der Waals surface area contributed by atoms with Crippen LogP contribution in [-0.4, -0.2) is 34.4 Å². The van der Waals surface area contributed by atoms with Crippen LogP contribution >= 0.6 is 23.5 Å². The zero-order valence-electron chi connectivity index (χ0n) is 12.6. The number of aromatic carboxylic acids is 1. The van der Waals surface area contributed by atoms with Crippen LogP contribution in [0.25, 0.3) is 0 Å². The van der Waals surface area contributed by atoms with Crippen LogP contribution in [0, 0.1) is 0 Å². The third-order valence-corrected chi connectivity index (χ3v) is 6.00. The molecule has 0 saturated heterocycles. The number of benzene rings is 1. The lowest BCUT2D eigenvalue weighted by atomic mass is 9.94. The Labute approximate surface area is 135 Å². The molecule has 1 aliphatic rings. The van der Waals surface area contributed by atoms with Gasteiger partial charge in [0.15, 0.2) is 0 Å². The molecule has 5 heteroatoms. The van der Waals surface area contributed by atoms with Gasteiger partial charge < -0.3 is 10.4 Å². The molecule has 1 saturated carbocycles. The van der Waals surface area contributed by atoms with E-state index in [4.69, 9.17) is 0 Å². The molecule has 0 spiro atoms. The molecule has 3 nitrogen and oxygen atoms in total. The first-order valence-corrected chi connectivity index (χ1v) is 9.73. The summed E-state index contributed by atoms with van der Waals surface area (Å²) in [5.41, 5.74) is 1.20. The molecule has 116 valence electrons. The highest BCUT2D eigenvalue weighted by Crippen LogP contribution is 2.33. The Morgan fingerprint density at radius 3 is 2.81 bits per heavy atom. The maximum Gasteiger partial charge on any atom is 0.338 e. The number of carboxylic acid groups (broad SMARTS) is 1. The molecule has 0 radical (unpaired) electrons. The Morgan fingerprint density at radius 1 is 1.38 bits per heavy atom. The molecular weight excluding hydrogens is 302 g/mol. The summed E-state index contributed by atoms with van der Waals surface area (Å²) in [5, 5.41) is 13.7. The van der Waals surface area contributed by atoms with E-state index in [1.165, 1.54) is 19.3 Å². The molecule has 21 heavy (non-hydrogen) atoms. The van der Waals surface area contributed by atoms with Gasteiger partial charge in [-0.1, -0.05) is 25.8 Å². The topological polar surface area (TPSA) is 49.3 Å². The van der Waals surface area contributed by atoms with E-state index in [0.717, 1.165) is 22.8 Å². The van der Waals surface area contributed by atoms with Crippen LogP contribution in [0.5, 0.6) is 0 Å². The highest BCUT2D eigenvalue weighted by molar-refractivity contribution is 7.99. The smallest absolute Gasteiger partial charge is 0.338 e. The van der Waals surface area contributed by atoms with Crippen molar-refractivity contribution in [3.05, 3.63) is 23.8 Å². The molecule has 0 aliphatic heterocycles. The van der Waals surface area contributed by atoms with Crippen molar-refractivity contribution in [2.45, 2.75) is 48.8 Å². The van der Waals surface area contributed by atoms with E-state index in [9.17, 15) is 9.90 Å². The van der Waals surface area contributed by atoms with E-state index in [1.54, 1.807) is 11.8 Å². The van der Waals surface area contributed by atoms with Crippen LogP contribution in [-0.2, 0) is 0 Å². The van der Waals surface area contributed by atoms with Crippen molar-refractivity contribution in [1.82, 2.24) is 0 Å². The van der Waals surface area contributed by atoms with Crippen molar-refractivity contribution in [3.63, 3.8) is 0 Å². The minimum Gasteiger partial charge on any atom is -0.478 e. The molecule has 0 bridgehead atoms. The van der Waals surface area contributed by atoms with Crippen LogP contribution in [0.15, 0.2) is 23.1 Å². The van der Waals surface area contributed by atoms with E-state index >= 15 is 0 Å². The van der Waals surface area contributed by atoms with Gasteiger partial charge in [0.25, 0.3) is 0 Å². The van der Waals surface area contributed by atoms with Crippen molar-refractivity contribution in [1.29, 1.82) is 0 Å². The summed E-state index contributed by atoms with van der Waals surface area (Å²) in [6, 6.07) is 6.11. The van der Waals surface area contributed by atoms with E-state index in [-0.39, 0.29) is 0 Å². The van der Waals surface area contributed by atoms with Gasteiger partial charge in [-0.05, 0) is 37.0 Å². The number of carboxylic acids is 1. The molecule has 2 N–H and O–H groups in total. The van der Waals surface area contributed by atoms with Crippen LogP contribution in [0.4, 0.5) is 5.69 Å². The maximum absolute atomic E-state index is 11.7. The minimum atomic E-state index is -0.842. The van der Waals surface area contributed by atoms with E-state index in [0.29, 0.717) is 16.9 Å². The van der Waals surface area contributed by atoms with Crippen molar-refractivity contribution in [3.8, 4) is 0 Å². The largest absolute Gasteiger partial charge is 0.478 e. The highest BCUT2D eigenvalue weighted by atomic mass is 32.2. The molecule has 0 heterocycles. The second kappa shape index (κ2) is 7.99. The van der Waals surface area contributed by atoms with Gasteiger partial charge in [-0.25, -0.2) is 4.79 Å². The zero-order chi connectivity index (χ0) is 15.2. The summed E-state index contributed by atoms with van der Waals surface area (Å²) in [4.78, 5) is 12.5. The number of rotatable bonds is 6. The number of thioether (sulfide) groups is 2. The maximum atomic E-state index is 11.7. The van der Waals surface area contributed by atoms with Crippen molar-refractivity contribution in [2.24, 2.45) is 0 Å². The molecule has 2 atom stereocenters. The molecular formula is C16H23NO2S2. The summed E-state index contributed by atoms with van der Waals surface area (Å²) >= 11 is 3.47. The number of hydrogen-bond acceptors (Lipinski definition) is 4. The van der Waals surface area contributed by atoms with Crippen LogP contribution in [0.3, 0.4) is 0 Å². The quantitative estimate of drug-likeness (QED) is 0.750. The summed E-state index contributed by atoms with van der Waals surface area (Å²) in [6.45, 7) is 2.04. The Hall–Kier alpha value is -0.810. The Kier molecular flexibility index (Phi) is 6.30. The summed E-state index contributed by atoms with van der Waals surface area (Å²) in [5.74, 6) is 0.0335. The van der Waals surface area contributed by atoms with E-state index < -0.39 is 5.97 Å². The summed E-state index contributed by atoms with van der Waals surface area (Å²) in [7, 11) is 0. The number of carbonyl (C=O) groups is 1. The fourth-order valence-corrected chi connectivity index (χ4v) is 4.65. The Balaban J connectivity index is 2.26. The predicted octanol–water partition coefficient (Wildman–Crippen LogP) is 4.58. The zero-order valence-corrected chi connectivity index (χ0v) is 14.2. The third kappa shape index (κ3) is 4.10. The van der Waals surface area contributed by atoms with Gasteiger partial charge in [-0.3, -0.25) is 0 Å². The van der Waals surface area contributed by atoms with Gasteiger partial charge in [0.2, 0.25) is 0 Å². The molecule has 0 aromatic heterocycles. The second-order valence-corrected chi connectivity index (χ2v) is 7.61. The number of hydrogen-bond donors (Lipinski definition) is 2. The molecule has 2 rings (SSSR count). The second-order valence-electron chi connectivity index (χ2n) is 5.23. The van der Waals surface area contributed by atoms with Gasteiger partial charge in [0.1, 0.15) is 0 Å². The summed E-state index contributed by atoms with van der Waals surface area (Å²) < 4.78 is 0. The first-order valence-electron chi connectivity index (χ1n) is 7.45. The predicted molar refractivity (Wildman–Crippen MR) is 93.0 cm³/mol. The molecule has 1 aromatic rings. The first-order chi connectivity index (χ1) is 10.2. The van der Waals surface area contributed by atoms with Gasteiger partial charge in [-0.15, -0.1) is 11.8 Å². The first kappa shape index (κ1) is 16.6. The molecule has 1 aromatic carbocycles. The monoisotopic (exact) mass is 325 g/mol. The van der Waals surface area contributed by atoms with Gasteiger partial charge in [0.05, 0.1) is 11.3 Å². The fraction of sp³-hybridized carbons (Fsp3) is 0.562. The molecule has 1 aliphatic carbocycles. The Morgan fingerprint density at radius 2 is 2.14 bits per heavy atom. The number of anilines is 1. The molecule has 1 fully saturated rings. The van der Waals surface area contributed by atoms with Gasteiger partial charge in [0, 0.05) is 16.2 Å². The third-order valence-electron chi connectivity index (χ3n) is 3.89. The van der Waals surface area contributed by atoms with Crippen LogP contribution < -0.4 is 5.32 Å². The molecule has 2 unspecified atom stereocenters. The number of nitrogens with one attached hydrogen (secondary N) is 1. The fourth-order valence-electron chi connectivity index (χ4n) is 2.89. The standard InChI is InChI=1S/C16H23NO2S2/c1-3-21-14-10-6-8-12(15(14)16(18)19)17-11-7-4-5-9-13(11)20-2/h6,8,10-11,13,17H,3-5,7,9H2,1-2H3,(H,18,19). The average Bonchev–Trinajstić information content (AvgIpc) is 2.48. The van der Waals surface area contributed by atoms with E-state index in [1.807, 2.05) is 36.9 Å². The van der Waals surface area contributed by atoms with Crippen molar-refractivity contribution in [2.75, 3.05) is 17.3 Å². The van der Waals surface area contributed by atoms with Gasteiger partial charge >= 0.3 is 5.97 Å². The molecule has 0 amide bonds. The Bertz CT molecular complexity index is 493. The van der Waals surface area contributed by atoms with Crippen molar-refractivity contribution < 1.29 is 9.90 Å². The van der Waals surface area contributed by atoms with Crippen LogP contribution in [0.1, 0.15) is 43.0 Å². The normalized spacial score (nSPS) is 22.0. The lowest BCUT2D eigenvalue weighted by Crippen LogP contribution is -2.34. The summed E-state index contributed by atoms with van der Waals surface area (Å²) in [6.07, 6.45) is 6.98. The van der Waals surface area contributed by atoms with Gasteiger partial charge in [-0.2, -0.15) is 11.8 Å².